The van der Waals surface area contributed by atoms with Crippen molar-refractivity contribution in [3.63, 3.8) is 0 Å². The van der Waals surface area contributed by atoms with Crippen molar-refractivity contribution in [3.05, 3.63) is 29.6 Å². The van der Waals surface area contributed by atoms with Crippen molar-refractivity contribution in [2.24, 2.45) is 0 Å². The normalized spacial score (nSPS) is 12.0. The molecule has 1 atom stereocenters. The molecule has 0 bridgehead atoms. The van der Waals surface area contributed by atoms with E-state index in [2.05, 4.69) is 5.32 Å². The smallest absolute Gasteiger partial charge is 0.219 e. The zero-order chi connectivity index (χ0) is 13.5. The topological polar surface area (TPSA) is 58.6 Å². The highest BCUT2D eigenvalue weighted by Crippen LogP contribution is 2.26. The van der Waals surface area contributed by atoms with Crippen LogP contribution in [-0.4, -0.2) is 24.7 Å². The van der Waals surface area contributed by atoms with Crippen molar-refractivity contribution in [1.29, 1.82) is 0 Å². The molecule has 0 aliphatic carbocycles. The zero-order valence-electron chi connectivity index (χ0n) is 10.6. The number of halogens is 1. The molecule has 1 rings (SSSR count). The fourth-order valence-electron chi connectivity index (χ4n) is 1.52. The van der Waals surface area contributed by atoms with E-state index in [4.69, 9.17) is 4.74 Å². The molecule has 100 valence electrons. The Labute approximate surface area is 106 Å². The average molecular weight is 255 g/mol. The average Bonchev–Trinajstić information content (AvgIpc) is 2.34. The monoisotopic (exact) mass is 255 g/mol. The predicted molar refractivity (Wildman–Crippen MR) is 65.8 cm³/mol. The Morgan fingerprint density at radius 3 is 2.89 bits per heavy atom. The van der Waals surface area contributed by atoms with Crippen LogP contribution in [0.5, 0.6) is 5.75 Å². The minimum atomic E-state index is -0.723. The molecule has 0 aromatic heterocycles. The molecule has 4 nitrogen and oxygen atoms in total. The van der Waals surface area contributed by atoms with Gasteiger partial charge in [-0.05, 0) is 25.5 Å². The second kappa shape index (κ2) is 6.96. The van der Waals surface area contributed by atoms with Crippen LogP contribution < -0.4 is 10.1 Å². The van der Waals surface area contributed by atoms with Gasteiger partial charge in [0.25, 0.3) is 0 Å². The van der Waals surface area contributed by atoms with Gasteiger partial charge in [-0.2, -0.15) is 0 Å². The largest absolute Gasteiger partial charge is 0.493 e. The summed E-state index contributed by atoms with van der Waals surface area (Å²) in [4.78, 5) is 11.0. The number of carbonyl (C=O) groups is 1. The van der Waals surface area contributed by atoms with Crippen molar-refractivity contribution in [3.8, 4) is 5.75 Å². The second-order valence-electron chi connectivity index (χ2n) is 3.98. The fourth-order valence-corrected chi connectivity index (χ4v) is 1.52. The summed E-state index contributed by atoms with van der Waals surface area (Å²) in [5.74, 6) is -0.156. The number of hydrogen-bond donors (Lipinski definition) is 2. The molecule has 0 saturated heterocycles. The molecule has 0 fully saturated rings. The summed E-state index contributed by atoms with van der Waals surface area (Å²) in [6, 6.07) is 4.01. The number of benzene rings is 1. The summed E-state index contributed by atoms with van der Waals surface area (Å²) in [5.41, 5.74) is 0.538. The highest BCUT2D eigenvalue weighted by atomic mass is 19.1. The van der Waals surface area contributed by atoms with Crippen LogP contribution in [0.4, 0.5) is 4.39 Å². The molecule has 0 radical (unpaired) electrons. The van der Waals surface area contributed by atoms with Crippen LogP contribution in [0.25, 0.3) is 0 Å². The van der Waals surface area contributed by atoms with Crippen molar-refractivity contribution in [2.45, 2.75) is 25.9 Å². The summed E-state index contributed by atoms with van der Waals surface area (Å²) in [6.07, 6.45) is 0.171. The van der Waals surface area contributed by atoms with Gasteiger partial charge in [0.1, 0.15) is 11.6 Å². The number of aliphatic hydroxyl groups excluding tert-OH is 1. The Balaban J connectivity index is 2.55. The lowest BCUT2D eigenvalue weighted by molar-refractivity contribution is -0.120. The molecule has 1 aromatic carbocycles. The number of ether oxygens (including phenoxy) is 1. The molecule has 0 aliphatic rings. The Bertz CT molecular complexity index is 407. The molecule has 5 heteroatoms. The summed E-state index contributed by atoms with van der Waals surface area (Å²) in [6.45, 7) is 1.89. The van der Waals surface area contributed by atoms with Crippen LogP contribution in [0, 0.1) is 5.82 Å². The minimum Gasteiger partial charge on any atom is -0.493 e. The third-order valence-electron chi connectivity index (χ3n) is 2.51. The minimum absolute atomic E-state index is 0.0615. The lowest BCUT2D eigenvalue weighted by atomic mass is 10.1. The number of rotatable bonds is 6. The number of aliphatic hydroxyl groups is 1. The molecule has 0 unspecified atom stereocenters. The highest BCUT2D eigenvalue weighted by molar-refractivity contribution is 5.75. The van der Waals surface area contributed by atoms with Crippen molar-refractivity contribution in [2.75, 3.05) is 13.7 Å². The van der Waals surface area contributed by atoms with Crippen LogP contribution in [0.1, 0.15) is 31.4 Å². The number of nitrogens with one attached hydrogen (secondary N) is 1. The van der Waals surface area contributed by atoms with E-state index < -0.39 is 11.9 Å². The Kier molecular flexibility index (Phi) is 5.58. The first kappa shape index (κ1) is 14.4. The first-order chi connectivity index (χ1) is 8.54. The van der Waals surface area contributed by atoms with Gasteiger partial charge in [-0.1, -0.05) is 0 Å². The van der Waals surface area contributed by atoms with Crippen LogP contribution in [-0.2, 0) is 4.79 Å². The summed E-state index contributed by atoms with van der Waals surface area (Å²) in [7, 11) is 1.57. The number of hydrogen-bond acceptors (Lipinski definition) is 3. The van der Waals surface area contributed by atoms with Crippen LogP contribution in [0.2, 0.25) is 0 Å². The van der Waals surface area contributed by atoms with Crippen molar-refractivity contribution >= 4 is 5.91 Å². The highest BCUT2D eigenvalue weighted by Gasteiger charge is 2.10. The van der Waals surface area contributed by atoms with E-state index in [1.807, 2.05) is 0 Å². The molecule has 1 aromatic rings. The van der Waals surface area contributed by atoms with Gasteiger partial charge in [0.15, 0.2) is 0 Å². The predicted octanol–water partition coefficient (Wildman–Crippen LogP) is 1.78. The summed E-state index contributed by atoms with van der Waals surface area (Å²) < 4.78 is 18.5. The maximum absolute atomic E-state index is 13.1. The van der Waals surface area contributed by atoms with Gasteiger partial charge in [0.05, 0.1) is 12.7 Å². The lowest BCUT2D eigenvalue weighted by Crippen LogP contribution is -2.18. The standard InChI is InChI=1S/C13H18FNO3/c1-9(16)11-6-5-10(14)8-12(11)18-7-3-4-13(17)15-2/h5-6,8-9,16H,3-4,7H2,1-2H3,(H,15,17)/t9-/m0/s1. The SMILES string of the molecule is CNC(=O)CCCOc1cc(F)ccc1[C@H](C)O. The molecule has 0 spiro atoms. The van der Waals surface area contributed by atoms with E-state index >= 15 is 0 Å². The van der Waals surface area contributed by atoms with Gasteiger partial charge in [0.2, 0.25) is 5.91 Å². The van der Waals surface area contributed by atoms with Crippen molar-refractivity contribution in [1.82, 2.24) is 5.32 Å². The van der Waals surface area contributed by atoms with E-state index in [0.717, 1.165) is 0 Å². The van der Waals surface area contributed by atoms with Gasteiger partial charge in [-0.3, -0.25) is 4.79 Å². The first-order valence-corrected chi connectivity index (χ1v) is 5.85. The molecule has 1 amide bonds. The fraction of sp³-hybridized carbons (Fsp3) is 0.462. The maximum Gasteiger partial charge on any atom is 0.219 e. The van der Waals surface area contributed by atoms with Crippen LogP contribution >= 0.6 is 0 Å². The molecule has 0 aliphatic heterocycles. The van der Waals surface area contributed by atoms with E-state index in [9.17, 15) is 14.3 Å². The van der Waals surface area contributed by atoms with E-state index in [1.165, 1.54) is 18.2 Å². The van der Waals surface area contributed by atoms with Gasteiger partial charge < -0.3 is 15.2 Å². The van der Waals surface area contributed by atoms with Crippen LogP contribution in [0.15, 0.2) is 18.2 Å². The molecule has 0 heterocycles. The zero-order valence-corrected chi connectivity index (χ0v) is 10.6. The van der Waals surface area contributed by atoms with Gasteiger partial charge in [-0.25, -0.2) is 4.39 Å². The number of carbonyl (C=O) groups excluding carboxylic acids is 1. The number of amides is 1. The maximum atomic E-state index is 13.1. The summed E-state index contributed by atoms with van der Waals surface area (Å²) in [5, 5.41) is 12.0. The van der Waals surface area contributed by atoms with Gasteiger partial charge in [0, 0.05) is 25.1 Å². The van der Waals surface area contributed by atoms with Gasteiger partial charge >= 0.3 is 0 Å². The molecule has 0 saturated carbocycles. The molecular formula is C13H18FNO3. The van der Waals surface area contributed by atoms with Gasteiger partial charge in [-0.15, -0.1) is 0 Å². The Morgan fingerprint density at radius 2 is 2.28 bits per heavy atom. The Hall–Kier alpha value is -1.62. The molecular weight excluding hydrogens is 237 g/mol. The van der Waals surface area contributed by atoms with E-state index in [0.29, 0.717) is 30.8 Å². The quantitative estimate of drug-likeness (QED) is 0.762. The van der Waals surface area contributed by atoms with Crippen molar-refractivity contribution < 1.29 is 19.0 Å². The molecule has 18 heavy (non-hydrogen) atoms. The second-order valence-corrected chi connectivity index (χ2v) is 3.98. The third kappa shape index (κ3) is 4.33. The summed E-state index contributed by atoms with van der Waals surface area (Å²) >= 11 is 0. The lowest BCUT2D eigenvalue weighted by Gasteiger charge is -2.13. The first-order valence-electron chi connectivity index (χ1n) is 5.85. The third-order valence-corrected chi connectivity index (χ3v) is 2.51. The van der Waals surface area contributed by atoms with E-state index in [1.54, 1.807) is 14.0 Å². The molecule has 2 N–H and O–H groups in total. The Morgan fingerprint density at radius 1 is 1.56 bits per heavy atom. The van der Waals surface area contributed by atoms with E-state index in [-0.39, 0.29) is 5.91 Å². The van der Waals surface area contributed by atoms with Crippen LogP contribution in [0.3, 0.4) is 0 Å².